The zero-order valence-electron chi connectivity index (χ0n) is 33.7. The summed E-state index contributed by atoms with van der Waals surface area (Å²) < 4.78 is 2.45. The zero-order chi connectivity index (χ0) is 40.2. The Morgan fingerprint density at radius 3 is 1.35 bits per heavy atom. The lowest BCUT2D eigenvalue weighted by molar-refractivity contribution is 0.660. The molecular weight excluding hydrogens is 727 g/mol. The van der Waals surface area contributed by atoms with Crippen LogP contribution < -0.4 is 9.80 Å². The van der Waals surface area contributed by atoms with Crippen LogP contribution in [0.5, 0.6) is 0 Å². The molecule has 11 rings (SSSR count). The van der Waals surface area contributed by atoms with Gasteiger partial charge in [0, 0.05) is 56.0 Å². The van der Waals surface area contributed by atoms with Crippen LogP contribution in [-0.4, -0.2) is 4.57 Å². The van der Waals surface area contributed by atoms with Gasteiger partial charge in [-0.15, -0.1) is 0 Å². The fourth-order valence-corrected chi connectivity index (χ4v) is 9.43. The average Bonchev–Trinajstić information content (AvgIpc) is 3.75. The molecular formula is C57H43N3. The second kappa shape index (κ2) is 14.3. The van der Waals surface area contributed by atoms with E-state index in [2.05, 4.69) is 253 Å². The van der Waals surface area contributed by atoms with E-state index in [-0.39, 0.29) is 5.41 Å². The first-order valence-corrected chi connectivity index (χ1v) is 20.8. The van der Waals surface area contributed by atoms with Crippen molar-refractivity contribution in [3.63, 3.8) is 0 Å². The van der Waals surface area contributed by atoms with Crippen molar-refractivity contribution in [3.8, 4) is 27.9 Å². The van der Waals surface area contributed by atoms with Gasteiger partial charge in [-0.3, -0.25) is 0 Å². The molecule has 3 heteroatoms. The first kappa shape index (κ1) is 35.5. The van der Waals surface area contributed by atoms with Gasteiger partial charge in [-0.05, 0) is 137 Å². The van der Waals surface area contributed by atoms with Crippen molar-refractivity contribution in [2.75, 3.05) is 9.80 Å². The van der Waals surface area contributed by atoms with E-state index >= 15 is 0 Å². The van der Waals surface area contributed by atoms with Gasteiger partial charge in [0.2, 0.25) is 0 Å². The molecule has 0 saturated carbocycles. The Labute approximate surface area is 351 Å². The highest BCUT2D eigenvalue weighted by Gasteiger charge is 2.36. The van der Waals surface area contributed by atoms with Gasteiger partial charge >= 0.3 is 0 Å². The van der Waals surface area contributed by atoms with Gasteiger partial charge in [-0.25, -0.2) is 0 Å². The quantitative estimate of drug-likeness (QED) is 0.152. The van der Waals surface area contributed by atoms with E-state index in [1.165, 1.54) is 60.9 Å². The molecule has 1 aromatic heterocycles. The van der Waals surface area contributed by atoms with E-state index in [1.807, 2.05) is 0 Å². The SMILES string of the molecule is CC1(C)c2cc(N(c3ccccc3)c3ccccc3)ccc2-c2ccc(-n3c4ccccc4c4cc(-c5ccc(N(c6ccccc6)c6ccccc6)cc5)ccc43)cc21. The number of para-hydroxylation sites is 5. The number of fused-ring (bicyclic) bond motifs is 6. The minimum Gasteiger partial charge on any atom is -0.311 e. The molecule has 0 unspecified atom stereocenters. The largest absolute Gasteiger partial charge is 0.311 e. The number of aromatic nitrogens is 1. The molecule has 0 aliphatic heterocycles. The third-order valence-corrected chi connectivity index (χ3v) is 12.3. The van der Waals surface area contributed by atoms with Gasteiger partial charge in [0.15, 0.2) is 0 Å². The molecule has 0 N–H and O–H groups in total. The van der Waals surface area contributed by atoms with Crippen LogP contribution in [-0.2, 0) is 5.41 Å². The standard InChI is InChI=1S/C57H43N3/c1-57(2)53-38-47(59(44-21-11-5-12-22-44)45-23-13-6-14-24-45)32-34-49(53)50-35-33-48(39-54(50)57)60-55-26-16-15-25-51(55)52-37-41(29-36-56(52)60)40-27-30-46(31-28-40)58(42-17-7-3-8-18-42)43-19-9-4-10-20-43/h3-39H,1-2H3. The van der Waals surface area contributed by atoms with Crippen LogP contribution in [0.1, 0.15) is 25.0 Å². The lowest BCUT2D eigenvalue weighted by atomic mass is 9.82. The zero-order valence-corrected chi connectivity index (χ0v) is 33.7. The second-order valence-corrected chi connectivity index (χ2v) is 16.2. The molecule has 0 atom stereocenters. The van der Waals surface area contributed by atoms with E-state index in [4.69, 9.17) is 0 Å². The van der Waals surface area contributed by atoms with Crippen LogP contribution in [0.4, 0.5) is 34.1 Å². The van der Waals surface area contributed by atoms with Crippen molar-refractivity contribution in [1.29, 1.82) is 0 Å². The summed E-state index contributed by atoms with van der Waals surface area (Å²) in [6.45, 7) is 4.76. The van der Waals surface area contributed by atoms with E-state index in [9.17, 15) is 0 Å². The van der Waals surface area contributed by atoms with E-state index in [1.54, 1.807) is 0 Å². The average molecular weight is 770 g/mol. The first-order chi connectivity index (χ1) is 29.5. The van der Waals surface area contributed by atoms with Gasteiger partial charge in [0.1, 0.15) is 0 Å². The molecule has 1 heterocycles. The van der Waals surface area contributed by atoms with Crippen LogP contribution in [0.15, 0.2) is 224 Å². The molecule has 0 fully saturated rings. The topological polar surface area (TPSA) is 11.4 Å². The van der Waals surface area contributed by atoms with Crippen molar-refractivity contribution in [1.82, 2.24) is 4.57 Å². The van der Waals surface area contributed by atoms with Gasteiger partial charge in [-0.2, -0.15) is 0 Å². The maximum Gasteiger partial charge on any atom is 0.0541 e. The summed E-state index contributed by atoms with van der Waals surface area (Å²) in [5.74, 6) is 0. The fraction of sp³-hybridized carbons (Fsp3) is 0.0526. The summed E-state index contributed by atoms with van der Waals surface area (Å²) >= 11 is 0. The summed E-state index contributed by atoms with van der Waals surface area (Å²) in [6, 6.07) is 81.3. The molecule has 0 radical (unpaired) electrons. The summed E-state index contributed by atoms with van der Waals surface area (Å²) in [6.07, 6.45) is 0. The first-order valence-electron chi connectivity index (χ1n) is 20.8. The Morgan fingerprint density at radius 1 is 0.333 bits per heavy atom. The number of rotatable bonds is 8. The third kappa shape index (κ3) is 5.89. The number of hydrogen-bond donors (Lipinski definition) is 0. The van der Waals surface area contributed by atoms with Gasteiger partial charge in [-0.1, -0.05) is 135 Å². The molecule has 0 saturated heterocycles. The molecule has 286 valence electrons. The van der Waals surface area contributed by atoms with E-state index < -0.39 is 0 Å². The normalized spacial score (nSPS) is 12.6. The van der Waals surface area contributed by atoms with Crippen molar-refractivity contribution >= 4 is 55.9 Å². The lowest BCUT2D eigenvalue weighted by Crippen LogP contribution is -2.17. The lowest BCUT2D eigenvalue weighted by Gasteiger charge is -2.28. The smallest absolute Gasteiger partial charge is 0.0541 e. The minimum atomic E-state index is -0.204. The van der Waals surface area contributed by atoms with Crippen LogP contribution in [0, 0.1) is 0 Å². The molecule has 1 aliphatic rings. The second-order valence-electron chi connectivity index (χ2n) is 16.2. The van der Waals surface area contributed by atoms with Crippen LogP contribution in [0.2, 0.25) is 0 Å². The Kier molecular flexibility index (Phi) is 8.49. The van der Waals surface area contributed by atoms with Gasteiger partial charge in [0.25, 0.3) is 0 Å². The highest BCUT2D eigenvalue weighted by Crippen LogP contribution is 2.51. The van der Waals surface area contributed by atoms with Crippen LogP contribution in [0.25, 0.3) is 49.7 Å². The van der Waals surface area contributed by atoms with Crippen molar-refractivity contribution in [2.24, 2.45) is 0 Å². The number of hydrogen-bond acceptors (Lipinski definition) is 2. The predicted molar refractivity (Wildman–Crippen MR) is 253 cm³/mol. The molecule has 9 aromatic carbocycles. The highest BCUT2D eigenvalue weighted by molar-refractivity contribution is 6.10. The molecule has 3 nitrogen and oxygen atoms in total. The highest BCUT2D eigenvalue weighted by atomic mass is 15.1. The molecule has 0 amide bonds. The summed E-state index contributed by atoms with van der Waals surface area (Å²) in [4.78, 5) is 4.66. The molecule has 1 aliphatic carbocycles. The number of anilines is 6. The van der Waals surface area contributed by atoms with Crippen molar-refractivity contribution in [3.05, 3.63) is 236 Å². The summed E-state index contributed by atoms with van der Waals surface area (Å²) in [7, 11) is 0. The Morgan fingerprint density at radius 2 is 0.767 bits per heavy atom. The van der Waals surface area contributed by atoms with Crippen LogP contribution in [0.3, 0.4) is 0 Å². The maximum atomic E-state index is 2.45. The molecule has 10 aromatic rings. The van der Waals surface area contributed by atoms with Crippen LogP contribution >= 0.6 is 0 Å². The summed E-state index contributed by atoms with van der Waals surface area (Å²) in [5.41, 5.74) is 17.9. The Balaban J connectivity index is 0.967. The van der Waals surface area contributed by atoms with Gasteiger partial charge < -0.3 is 14.4 Å². The predicted octanol–water partition coefficient (Wildman–Crippen LogP) is 15.7. The third-order valence-electron chi connectivity index (χ3n) is 12.3. The minimum absolute atomic E-state index is 0.204. The van der Waals surface area contributed by atoms with Gasteiger partial charge in [0.05, 0.1) is 11.0 Å². The molecule has 0 bridgehead atoms. The Bertz CT molecular complexity index is 3070. The molecule has 60 heavy (non-hydrogen) atoms. The van der Waals surface area contributed by atoms with Crippen molar-refractivity contribution < 1.29 is 0 Å². The van der Waals surface area contributed by atoms with Crippen molar-refractivity contribution in [2.45, 2.75) is 19.3 Å². The summed E-state index contributed by atoms with van der Waals surface area (Å²) in [5, 5.41) is 2.50. The fourth-order valence-electron chi connectivity index (χ4n) is 9.43. The Hall–Kier alpha value is -7.62. The molecule has 0 spiro atoms. The maximum absolute atomic E-state index is 2.45. The monoisotopic (exact) mass is 769 g/mol. The van der Waals surface area contributed by atoms with E-state index in [0.29, 0.717) is 0 Å². The number of benzene rings is 9. The number of nitrogens with zero attached hydrogens (tertiary/aromatic N) is 3. The van der Waals surface area contributed by atoms with E-state index in [0.717, 1.165) is 34.1 Å².